The highest BCUT2D eigenvalue weighted by atomic mass is 16.7. The van der Waals surface area contributed by atoms with E-state index in [4.69, 9.17) is 9.47 Å². The fourth-order valence-corrected chi connectivity index (χ4v) is 4.83. The van der Waals surface area contributed by atoms with Crippen molar-refractivity contribution in [3.63, 3.8) is 0 Å². The van der Waals surface area contributed by atoms with E-state index in [0.29, 0.717) is 24.0 Å². The van der Waals surface area contributed by atoms with Gasteiger partial charge in [0.25, 0.3) is 0 Å². The molecule has 0 bridgehead atoms. The zero-order valence-corrected chi connectivity index (χ0v) is 19.2. The SMILES string of the molecule is CCN(CC(=O)Nc1c(C#N)c(C)c(C)n1C1CCCCC1)Cc1ccc2c(c1)OCO2. The summed E-state index contributed by atoms with van der Waals surface area (Å²) in [6.07, 6.45) is 5.82. The average molecular weight is 437 g/mol. The van der Waals surface area contributed by atoms with Gasteiger partial charge in [-0.05, 0) is 56.5 Å². The lowest BCUT2D eigenvalue weighted by Gasteiger charge is -2.27. The molecule has 2 aliphatic rings. The molecule has 1 aliphatic heterocycles. The number of ether oxygens (including phenoxy) is 2. The first-order chi connectivity index (χ1) is 15.5. The van der Waals surface area contributed by atoms with Gasteiger partial charge < -0.3 is 19.4 Å². The molecule has 4 rings (SSSR count). The molecule has 170 valence electrons. The third-order valence-corrected chi connectivity index (χ3v) is 6.72. The van der Waals surface area contributed by atoms with E-state index < -0.39 is 0 Å². The smallest absolute Gasteiger partial charge is 0.239 e. The maximum absolute atomic E-state index is 13.1. The normalized spacial score (nSPS) is 15.7. The van der Waals surface area contributed by atoms with Crippen LogP contribution < -0.4 is 14.8 Å². The summed E-state index contributed by atoms with van der Waals surface area (Å²) in [5, 5.41) is 12.9. The molecule has 32 heavy (non-hydrogen) atoms. The van der Waals surface area contributed by atoms with Crippen LogP contribution in [0.2, 0.25) is 0 Å². The second kappa shape index (κ2) is 9.66. The van der Waals surface area contributed by atoms with Crippen molar-refractivity contribution in [2.24, 2.45) is 0 Å². The Labute approximate surface area is 189 Å². The highest BCUT2D eigenvalue weighted by Gasteiger charge is 2.26. The van der Waals surface area contributed by atoms with Crippen LogP contribution in [0.4, 0.5) is 5.82 Å². The van der Waals surface area contributed by atoms with Crippen LogP contribution in [0.5, 0.6) is 11.5 Å². The fourth-order valence-electron chi connectivity index (χ4n) is 4.83. The number of hydrogen-bond donors (Lipinski definition) is 1. The van der Waals surface area contributed by atoms with E-state index in [1.54, 1.807) is 0 Å². The van der Waals surface area contributed by atoms with Crippen LogP contribution >= 0.6 is 0 Å². The monoisotopic (exact) mass is 436 g/mol. The average Bonchev–Trinajstić information content (AvgIpc) is 3.36. The van der Waals surface area contributed by atoms with Gasteiger partial charge in [0.05, 0.1) is 12.1 Å². The van der Waals surface area contributed by atoms with E-state index in [1.165, 1.54) is 19.3 Å². The van der Waals surface area contributed by atoms with Crippen molar-refractivity contribution in [2.75, 3.05) is 25.2 Å². The first-order valence-corrected chi connectivity index (χ1v) is 11.5. The number of benzene rings is 1. The van der Waals surface area contributed by atoms with Crippen molar-refractivity contribution in [3.05, 3.63) is 40.6 Å². The van der Waals surface area contributed by atoms with Crippen LogP contribution in [0.1, 0.15) is 67.5 Å². The van der Waals surface area contributed by atoms with Crippen molar-refractivity contribution < 1.29 is 14.3 Å². The van der Waals surface area contributed by atoms with Crippen LogP contribution in [0.3, 0.4) is 0 Å². The van der Waals surface area contributed by atoms with Gasteiger partial charge in [-0.25, -0.2) is 0 Å². The van der Waals surface area contributed by atoms with E-state index in [-0.39, 0.29) is 19.2 Å². The lowest BCUT2D eigenvalue weighted by Crippen LogP contribution is -2.33. The van der Waals surface area contributed by atoms with Crippen molar-refractivity contribution in [1.82, 2.24) is 9.47 Å². The molecule has 0 saturated heterocycles. The third kappa shape index (κ3) is 4.46. The molecule has 1 N–H and O–H groups in total. The molecule has 7 nitrogen and oxygen atoms in total. The Bertz CT molecular complexity index is 1030. The maximum atomic E-state index is 13.1. The molecule has 2 heterocycles. The summed E-state index contributed by atoms with van der Waals surface area (Å²) >= 11 is 0. The molecule has 1 fully saturated rings. The molecule has 0 radical (unpaired) electrons. The van der Waals surface area contributed by atoms with Crippen LogP contribution in [0, 0.1) is 25.2 Å². The van der Waals surface area contributed by atoms with Crippen molar-refractivity contribution in [3.8, 4) is 17.6 Å². The van der Waals surface area contributed by atoms with Gasteiger partial charge in [0, 0.05) is 18.3 Å². The molecule has 1 saturated carbocycles. The third-order valence-electron chi connectivity index (χ3n) is 6.72. The summed E-state index contributed by atoms with van der Waals surface area (Å²) in [5.74, 6) is 2.07. The molecule has 2 aromatic rings. The number of likely N-dealkylation sites (N-methyl/N-ethyl adjacent to an activating group) is 1. The summed E-state index contributed by atoms with van der Waals surface area (Å²) < 4.78 is 13.1. The Morgan fingerprint density at radius 3 is 2.69 bits per heavy atom. The van der Waals surface area contributed by atoms with Gasteiger partial charge in [-0.1, -0.05) is 32.3 Å². The summed E-state index contributed by atoms with van der Waals surface area (Å²) in [7, 11) is 0. The largest absolute Gasteiger partial charge is 0.454 e. The number of anilines is 1. The van der Waals surface area contributed by atoms with Crippen LogP contribution in [0.25, 0.3) is 0 Å². The zero-order valence-electron chi connectivity index (χ0n) is 19.2. The topological polar surface area (TPSA) is 79.5 Å². The van der Waals surface area contributed by atoms with Crippen molar-refractivity contribution in [1.29, 1.82) is 5.26 Å². The lowest BCUT2D eigenvalue weighted by molar-refractivity contribution is -0.117. The van der Waals surface area contributed by atoms with Gasteiger partial charge >= 0.3 is 0 Å². The second-order valence-electron chi connectivity index (χ2n) is 8.75. The first kappa shape index (κ1) is 22.2. The first-order valence-electron chi connectivity index (χ1n) is 11.5. The van der Waals surface area contributed by atoms with E-state index in [0.717, 1.165) is 47.7 Å². The predicted octanol–water partition coefficient (Wildman–Crippen LogP) is 4.67. The van der Waals surface area contributed by atoms with Gasteiger partial charge in [-0.15, -0.1) is 0 Å². The van der Waals surface area contributed by atoms with Gasteiger partial charge in [-0.2, -0.15) is 5.26 Å². The van der Waals surface area contributed by atoms with E-state index in [2.05, 4.69) is 27.8 Å². The quantitative estimate of drug-likeness (QED) is 0.682. The van der Waals surface area contributed by atoms with Crippen molar-refractivity contribution in [2.45, 2.75) is 65.5 Å². The van der Waals surface area contributed by atoms with Crippen molar-refractivity contribution >= 4 is 11.7 Å². The molecule has 1 aromatic carbocycles. The number of hydrogen-bond acceptors (Lipinski definition) is 5. The van der Waals surface area contributed by atoms with E-state index >= 15 is 0 Å². The van der Waals surface area contributed by atoms with E-state index in [1.807, 2.05) is 32.0 Å². The van der Waals surface area contributed by atoms with Gasteiger partial charge in [-0.3, -0.25) is 9.69 Å². The highest BCUT2D eigenvalue weighted by Crippen LogP contribution is 2.37. The number of carbonyl (C=O) groups is 1. The minimum Gasteiger partial charge on any atom is -0.454 e. The summed E-state index contributed by atoms with van der Waals surface area (Å²) in [5.41, 5.74) is 3.69. The van der Waals surface area contributed by atoms with Crippen LogP contribution in [0.15, 0.2) is 18.2 Å². The van der Waals surface area contributed by atoms with Gasteiger partial charge in [0.1, 0.15) is 11.9 Å². The number of fused-ring (bicyclic) bond motifs is 1. The summed E-state index contributed by atoms with van der Waals surface area (Å²) in [6.45, 7) is 7.93. The zero-order chi connectivity index (χ0) is 22.7. The molecule has 0 atom stereocenters. The molecule has 1 aliphatic carbocycles. The molecule has 1 amide bonds. The number of nitrogens with one attached hydrogen (secondary N) is 1. The number of amides is 1. The maximum Gasteiger partial charge on any atom is 0.239 e. The predicted molar refractivity (Wildman–Crippen MR) is 123 cm³/mol. The fraction of sp³-hybridized carbons (Fsp3) is 0.520. The molecular weight excluding hydrogens is 404 g/mol. The molecule has 0 unspecified atom stereocenters. The summed E-state index contributed by atoms with van der Waals surface area (Å²) in [4.78, 5) is 15.1. The standard InChI is InChI=1S/C25H32N4O3/c1-4-28(14-19-10-11-22-23(12-19)32-16-31-22)15-24(30)27-25-21(13-26)17(2)18(3)29(25)20-8-6-5-7-9-20/h10-12,20H,4-9,14-16H2,1-3H3,(H,27,30). The highest BCUT2D eigenvalue weighted by molar-refractivity contribution is 5.93. The van der Waals surface area contributed by atoms with Crippen LogP contribution in [-0.4, -0.2) is 35.3 Å². The summed E-state index contributed by atoms with van der Waals surface area (Å²) in [6, 6.07) is 8.55. The Hall–Kier alpha value is -2.98. The molecule has 7 heteroatoms. The number of aromatic nitrogens is 1. The number of nitriles is 1. The van der Waals surface area contributed by atoms with Crippen LogP contribution in [-0.2, 0) is 11.3 Å². The Morgan fingerprint density at radius 1 is 1.22 bits per heavy atom. The number of carbonyl (C=O) groups excluding carboxylic acids is 1. The Balaban J connectivity index is 1.49. The Kier molecular flexibility index (Phi) is 6.71. The lowest BCUT2D eigenvalue weighted by atomic mass is 9.95. The molecule has 0 spiro atoms. The van der Waals surface area contributed by atoms with Gasteiger partial charge in [0.2, 0.25) is 12.7 Å². The second-order valence-corrected chi connectivity index (χ2v) is 8.75. The minimum atomic E-state index is -0.0985. The number of rotatable bonds is 7. The van der Waals surface area contributed by atoms with E-state index in [9.17, 15) is 10.1 Å². The van der Waals surface area contributed by atoms with Gasteiger partial charge in [0.15, 0.2) is 11.5 Å². The molecule has 1 aromatic heterocycles. The molecular formula is C25H32N4O3. The number of nitrogens with zero attached hydrogens (tertiary/aromatic N) is 3. The Morgan fingerprint density at radius 2 is 1.97 bits per heavy atom. The minimum absolute atomic E-state index is 0.0985.